The molecule has 3 aromatic rings. The molecule has 0 aliphatic heterocycles. The average molecular weight is 369 g/mol. The topological polar surface area (TPSA) is 31.2 Å². The maximum atomic E-state index is 12.6. The van der Waals surface area contributed by atoms with Gasteiger partial charge in [-0.15, -0.1) is 0 Å². The Balaban J connectivity index is 2.10. The van der Waals surface area contributed by atoms with Gasteiger partial charge >= 0.3 is 0 Å². The van der Waals surface area contributed by atoms with E-state index < -0.39 is 0 Å². The monoisotopic (exact) mass is 367 g/mol. The summed E-state index contributed by atoms with van der Waals surface area (Å²) in [5, 5.41) is 2.66. The molecule has 0 spiro atoms. The molecule has 3 nitrogen and oxygen atoms in total. The van der Waals surface area contributed by atoms with Gasteiger partial charge < -0.3 is 9.30 Å². The molecule has 1 heterocycles. The second kappa shape index (κ2) is 6.44. The van der Waals surface area contributed by atoms with E-state index in [0.29, 0.717) is 31.8 Å². The van der Waals surface area contributed by atoms with E-state index in [1.54, 1.807) is 42.1 Å². The van der Waals surface area contributed by atoms with Crippen molar-refractivity contribution in [1.82, 2.24) is 4.57 Å². The third kappa shape index (κ3) is 3.05. The number of ether oxygens (including phenoxy) is 1. The van der Waals surface area contributed by atoms with Crippen LogP contribution in [0.15, 0.2) is 47.4 Å². The van der Waals surface area contributed by atoms with E-state index in [0.717, 1.165) is 5.39 Å². The molecule has 2 aromatic carbocycles. The Kier molecular flexibility index (Phi) is 4.53. The van der Waals surface area contributed by atoms with Gasteiger partial charge in [-0.3, -0.25) is 4.79 Å². The van der Waals surface area contributed by atoms with Gasteiger partial charge in [-0.2, -0.15) is 0 Å². The van der Waals surface area contributed by atoms with Crippen molar-refractivity contribution in [3.8, 4) is 5.75 Å². The van der Waals surface area contributed by atoms with Crippen LogP contribution in [0.2, 0.25) is 15.1 Å². The molecular formula is C17H12Cl3NO2. The van der Waals surface area contributed by atoms with Crippen molar-refractivity contribution in [3.63, 3.8) is 0 Å². The molecule has 0 amide bonds. The summed E-state index contributed by atoms with van der Waals surface area (Å²) in [5.74, 6) is 0.704. The van der Waals surface area contributed by atoms with Gasteiger partial charge in [0.15, 0.2) is 0 Å². The predicted octanol–water partition coefficient (Wildman–Crippen LogP) is 5.02. The summed E-state index contributed by atoms with van der Waals surface area (Å²) >= 11 is 18.4. The van der Waals surface area contributed by atoms with Crippen LogP contribution in [-0.2, 0) is 6.54 Å². The predicted molar refractivity (Wildman–Crippen MR) is 95.3 cm³/mol. The van der Waals surface area contributed by atoms with Crippen LogP contribution in [-0.4, -0.2) is 11.7 Å². The van der Waals surface area contributed by atoms with Crippen LogP contribution < -0.4 is 10.3 Å². The molecule has 118 valence electrons. The lowest BCUT2D eigenvalue weighted by Crippen LogP contribution is -2.20. The first-order valence-corrected chi connectivity index (χ1v) is 7.94. The van der Waals surface area contributed by atoms with Gasteiger partial charge in [-0.1, -0.05) is 34.8 Å². The third-order valence-corrected chi connectivity index (χ3v) is 4.85. The van der Waals surface area contributed by atoms with Gasteiger partial charge in [0.1, 0.15) is 5.75 Å². The summed E-state index contributed by atoms with van der Waals surface area (Å²) < 4.78 is 6.73. The molecule has 0 atom stereocenters. The van der Waals surface area contributed by atoms with Crippen molar-refractivity contribution in [3.05, 3.63) is 73.6 Å². The molecule has 0 saturated carbocycles. The number of fused-ring (bicyclic) bond motifs is 1. The van der Waals surface area contributed by atoms with E-state index in [1.165, 1.54) is 0 Å². The molecule has 0 radical (unpaired) electrons. The van der Waals surface area contributed by atoms with E-state index in [-0.39, 0.29) is 12.1 Å². The van der Waals surface area contributed by atoms with Crippen LogP contribution in [0.4, 0.5) is 0 Å². The van der Waals surface area contributed by atoms with E-state index in [4.69, 9.17) is 39.5 Å². The fourth-order valence-electron chi connectivity index (χ4n) is 2.40. The van der Waals surface area contributed by atoms with E-state index in [2.05, 4.69) is 0 Å². The summed E-state index contributed by atoms with van der Waals surface area (Å²) in [7, 11) is 1.59. The Labute approximate surface area is 148 Å². The van der Waals surface area contributed by atoms with Crippen LogP contribution in [0.3, 0.4) is 0 Å². The van der Waals surface area contributed by atoms with Crippen LogP contribution in [0, 0.1) is 0 Å². The molecule has 0 saturated heterocycles. The smallest absolute Gasteiger partial charge is 0.258 e. The Bertz CT molecular complexity index is 950. The molecule has 23 heavy (non-hydrogen) atoms. The molecule has 0 fully saturated rings. The van der Waals surface area contributed by atoms with Crippen molar-refractivity contribution in [2.24, 2.45) is 0 Å². The normalized spacial score (nSPS) is 11.0. The van der Waals surface area contributed by atoms with Crippen molar-refractivity contribution >= 4 is 45.6 Å². The number of methoxy groups -OCH3 is 1. The number of nitrogens with zero attached hydrogens (tertiary/aromatic N) is 1. The maximum absolute atomic E-state index is 12.6. The average Bonchev–Trinajstić information content (AvgIpc) is 2.56. The van der Waals surface area contributed by atoms with Crippen molar-refractivity contribution < 1.29 is 4.74 Å². The van der Waals surface area contributed by atoms with Gasteiger partial charge in [-0.25, -0.2) is 0 Å². The van der Waals surface area contributed by atoms with E-state index >= 15 is 0 Å². The third-order valence-electron chi connectivity index (χ3n) is 3.65. The largest absolute Gasteiger partial charge is 0.497 e. The second-order valence-electron chi connectivity index (χ2n) is 5.02. The Morgan fingerprint density at radius 1 is 1.04 bits per heavy atom. The highest BCUT2D eigenvalue weighted by Crippen LogP contribution is 2.31. The standard InChI is InChI=1S/C17H12Cl3NO2/c1-23-11-2-3-12-10(8-11)6-7-21(17(12)22)9-13-14(18)4-5-15(19)16(13)20/h2-8H,9H2,1H3. The number of benzene rings is 2. The number of pyridine rings is 1. The van der Waals surface area contributed by atoms with Gasteiger partial charge in [0.05, 0.1) is 23.7 Å². The molecule has 6 heteroatoms. The van der Waals surface area contributed by atoms with Gasteiger partial charge in [0, 0.05) is 22.2 Å². The minimum Gasteiger partial charge on any atom is -0.497 e. The lowest BCUT2D eigenvalue weighted by atomic mass is 10.1. The lowest BCUT2D eigenvalue weighted by Gasteiger charge is -2.12. The van der Waals surface area contributed by atoms with Crippen LogP contribution >= 0.6 is 34.8 Å². The number of halogens is 3. The quantitative estimate of drug-likeness (QED) is 0.608. The summed E-state index contributed by atoms with van der Waals surface area (Å²) in [6.07, 6.45) is 1.71. The first-order valence-electron chi connectivity index (χ1n) is 6.81. The molecular weight excluding hydrogens is 357 g/mol. The lowest BCUT2D eigenvalue weighted by molar-refractivity contribution is 0.415. The second-order valence-corrected chi connectivity index (χ2v) is 6.22. The van der Waals surface area contributed by atoms with E-state index in [9.17, 15) is 4.79 Å². The highest BCUT2D eigenvalue weighted by atomic mass is 35.5. The molecule has 3 rings (SSSR count). The van der Waals surface area contributed by atoms with Crippen molar-refractivity contribution in [1.29, 1.82) is 0 Å². The zero-order valence-electron chi connectivity index (χ0n) is 12.1. The molecule has 0 aliphatic rings. The zero-order valence-corrected chi connectivity index (χ0v) is 14.4. The molecule has 0 aliphatic carbocycles. The summed E-state index contributed by atoms with van der Waals surface area (Å²) in [6.45, 7) is 0.249. The first kappa shape index (κ1) is 16.2. The minimum absolute atomic E-state index is 0.128. The molecule has 1 aromatic heterocycles. The Morgan fingerprint density at radius 3 is 2.52 bits per heavy atom. The molecule has 0 unspecified atom stereocenters. The molecule has 0 N–H and O–H groups in total. The molecule has 0 bridgehead atoms. The minimum atomic E-state index is -0.128. The summed E-state index contributed by atoms with van der Waals surface area (Å²) in [6, 6.07) is 10.5. The number of hydrogen-bond donors (Lipinski definition) is 0. The zero-order chi connectivity index (χ0) is 16.6. The Hall–Kier alpha value is -1.68. The van der Waals surface area contributed by atoms with Gasteiger partial charge in [0.25, 0.3) is 5.56 Å². The summed E-state index contributed by atoms with van der Waals surface area (Å²) in [4.78, 5) is 12.6. The number of hydrogen-bond acceptors (Lipinski definition) is 2. The van der Waals surface area contributed by atoms with Gasteiger partial charge in [-0.05, 0) is 41.8 Å². The fourth-order valence-corrected chi connectivity index (χ4v) is 3.07. The number of rotatable bonds is 3. The highest BCUT2D eigenvalue weighted by molar-refractivity contribution is 6.44. The maximum Gasteiger partial charge on any atom is 0.258 e. The van der Waals surface area contributed by atoms with Crippen LogP contribution in [0.1, 0.15) is 5.56 Å². The van der Waals surface area contributed by atoms with Crippen LogP contribution in [0.5, 0.6) is 5.75 Å². The SMILES string of the molecule is COc1ccc2c(=O)n(Cc3c(Cl)ccc(Cl)c3Cl)ccc2c1. The Morgan fingerprint density at radius 2 is 1.78 bits per heavy atom. The highest BCUT2D eigenvalue weighted by Gasteiger charge is 2.12. The number of aromatic nitrogens is 1. The van der Waals surface area contributed by atoms with Crippen molar-refractivity contribution in [2.45, 2.75) is 6.54 Å². The van der Waals surface area contributed by atoms with Crippen LogP contribution in [0.25, 0.3) is 10.8 Å². The fraction of sp³-hybridized carbons (Fsp3) is 0.118. The summed E-state index contributed by atoms with van der Waals surface area (Å²) in [5.41, 5.74) is 0.494. The van der Waals surface area contributed by atoms with Crippen molar-refractivity contribution in [2.75, 3.05) is 7.11 Å². The first-order chi connectivity index (χ1) is 11.0. The van der Waals surface area contributed by atoms with E-state index in [1.807, 2.05) is 12.1 Å². The van der Waals surface area contributed by atoms with Gasteiger partial charge in [0.2, 0.25) is 0 Å².